The van der Waals surface area contributed by atoms with E-state index in [2.05, 4.69) is 10.2 Å². The fourth-order valence-electron chi connectivity index (χ4n) is 3.59. The summed E-state index contributed by atoms with van der Waals surface area (Å²) in [6.45, 7) is 6.75. The van der Waals surface area contributed by atoms with Gasteiger partial charge >= 0.3 is 6.03 Å². The number of hydrogen-bond donors (Lipinski definition) is 1. The normalized spacial score (nSPS) is 22.5. The highest BCUT2D eigenvalue weighted by Crippen LogP contribution is 2.20. The van der Waals surface area contributed by atoms with Crippen LogP contribution >= 0.6 is 0 Å². The minimum absolute atomic E-state index is 0.0614. The van der Waals surface area contributed by atoms with Crippen LogP contribution in [0.25, 0.3) is 0 Å². The Morgan fingerprint density at radius 2 is 1.96 bits per heavy atom. The van der Waals surface area contributed by atoms with Crippen molar-refractivity contribution in [2.24, 2.45) is 0 Å². The number of benzene rings is 1. The molecule has 1 N–H and O–H groups in total. The molecule has 3 rings (SSSR count). The lowest BCUT2D eigenvalue weighted by Gasteiger charge is -2.31. The molecule has 1 aromatic rings. The Labute approximate surface area is 161 Å². The van der Waals surface area contributed by atoms with E-state index in [0.717, 1.165) is 50.5 Å². The largest absolute Gasteiger partial charge is 0.379 e. The third kappa shape index (κ3) is 5.92. The van der Waals surface area contributed by atoms with Gasteiger partial charge in [0.15, 0.2) is 9.84 Å². The van der Waals surface area contributed by atoms with Crippen molar-refractivity contribution in [3.05, 3.63) is 29.8 Å². The first-order valence-electron chi connectivity index (χ1n) is 9.58. The number of rotatable bonds is 6. The third-order valence-electron chi connectivity index (χ3n) is 5.19. The lowest BCUT2D eigenvalue weighted by Crippen LogP contribution is -2.45. The first kappa shape index (κ1) is 20.1. The molecule has 2 fully saturated rings. The Kier molecular flexibility index (Phi) is 6.73. The molecule has 150 valence electrons. The van der Waals surface area contributed by atoms with Crippen molar-refractivity contribution < 1.29 is 17.9 Å². The molecule has 0 unspecified atom stereocenters. The van der Waals surface area contributed by atoms with E-state index in [-0.39, 0.29) is 23.6 Å². The number of amides is 2. The highest BCUT2D eigenvalue weighted by Gasteiger charge is 2.34. The van der Waals surface area contributed by atoms with E-state index >= 15 is 0 Å². The van der Waals surface area contributed by atoms with E-state index in [0.29, 0.717) is 13.0 Å². The van der Waals surface area contributed by atoms with E-state index in [1.54, 1.807) is 4.90 Å². The molecule has 1 atom stereocenters. The summed E-state index contributed by atoms with van der Waals surface area (Å²) in [5.74, 6) is 0.224. The zero-order valence-corrected chi connectivity index (χ0v) is 16.7. The molecular formula is C19H29N3O4S. The predicted octanol–water partition coefficient (Wildman–Crippen LogP) is 1.74. The highest BCUT2D eigenvalue weighted by atomic mass is 32.2. The Morgan fingerprint density at radius 1 is 1.26 bits per heavy atom. The van der Waals surface area contributed by atoms with E-state index in [4.69, 9.17) is 4.74 Å². The van der Waals surface area contributed by atoms with Gasteiger partial charge in [-0.3, -0.25) is 4.90 Å². The molecule has 2 amide bonds. The quantitative estimate of drug-likeness (QED) is 0.794. The van der Waals surface area contributed by atoms with Gasteiger partial charge < -0.3 is 15.0 Å². The van der Waals surface area contributed by atoms with Crippen LogP contribution in [0.15, 0.2) is 24.3 Å². The highest BCUT2D eigenvalue weighted by molar-refractivity contribution is 7.91. The summed E-state index contributed by atoms with van der Waals surface area (Å²) in [5, 5.41) is 2.92. The number of urea groups is 1. The lowest BCUT2D eigenvalue weighted by atomic mass is 10.2. The summed E-state index contributed by atoms with van der Waals surface area (Å²) in [5.41, 5.74) is 1.85. The van der Waals surface area contributed by atoms with Crippen molar-refractivity contribution in [2.45, 2.75) is 25.8 Å². The zero-order valence-electron chi connectivity index (χ0n) is 15.9. The topological polar surface area (TPSA) is 79.0 Å². The van der Waals surface area contributed by atoms with Crippen LogP contribution in [-0.2, 0) is 14.6 Å². The van der Waals surface area contributed by atoms with Gasteiger partial charge in [-0.1, -0.05) is 17.7 Å². The van der Waals surface area contributed by atoms with Crippen molar-refractivity contribution >= 4 is 21.6 Å². The van der Waals surface area contributed by atoms with Crippen molar-refractivity contribution in [1.82, 2.24) is 9.80 Å². The van der Waals surface area contributed by atoms with Gasteiger partial charge in [-0.2, -0.15) is 0 Å². The van der Waals surface area contributed by atoms with E-state index in [1.165, 1.54) is 0 Å². The molecule has 2 saturated heterocycles. The molecule has 0 saturated carbocycles. The van der Waals surface area contributed by atoms with Gasteiger partial charge in [0.2, 0.25) is 0 Å². The molecule has 2 aliphatic heterocycles. The van der Waals surface area contributed by atoms with Crippen LogP contribution in [0.5, 0.6) is 0 Å². The summed E-state index contributed by atoms with van der Waals surface area (Å²) in [7, 11) is -3.05. The number of nitrogens with zero attached hydrogens (tertiary/aromatic N) is 2. The number of morpholine rings is 1. The Hall–Kier alpha value is -1.64. The zero-order chi connectivity index (χ0) is 19.3. The van der Waals surface area contributed by atoms with Gasteiger partial charge in [0.1, 0.15) is 0 Å². The molecule has 2 heterocycles. The molecule has 0 aliphatic carbocycles. The maximum absolute atomic E-state index is 12.9. The first-order valence-corrected chi connectivity index (χ1v) is 11.4. The summed E-state index contributed by atoms with van der Waals surface area (Å²) < 4.78 is 29.2. The molecule has 27 heavy (non-hydrogen) atoms. The standard InChI is InChI=1S/C19H29N3O4S/c1-16-3-5-17(6-4-16)20-19(23)22(18-7-14-27(24,25)15-18)9-2-8-21-10-12-26-13-11-21/h3-6,18H,2,7-15H2,1H3,(H,20,23)/t18-/m0/s1. The first-order chi connectivity index (χ1) is 12.9. The predicted molar refractivity (Wildman–Crippen MR) is 106 cm³/mol. The monoisotopic (exact) mass is 395 g/mol. The maximum Gasteiger partial charge on any atom is 0.322 e. The second kappa shape index (κ2) is 9.03. The van der Waals surface area contributed by atoms with Gasteiger partial charge in [0, 0.05) is 37.9 Å². The smallest absolute Gasteiger partial charge is 0.322 e. The van der Waals surface area contributed by atoms with Gasteiger partial charge in [-0.15, -0.1) is 0 Å². The second-order valence-electron chi connectivity index (χ2n) is 7.35. The minimum atomic E-state index is -3.05. The SMILES string of the molecule is Cc1ccc(NC(=O)N(CCCN2CCOCC2)[C@H]2CCS(=O)(=O)C2)cc1. The summed E-state index contributed by atoms with van der Waals surface area (Å²) in [6, 6.07) is 7.15. The van der Waals surface area contributed by atoms with Crippen LogP contribution in [0.1, 0.15) is 18.4 Å². The third-order valence-corrected chi connectivity index (χ3v) is 6.94. The summed E-state index contributed by atoms with van der Waals surface area (Å²) in [4.78, 5) is 16.9. The number of aryl methyl sites for hydroxylation is 1. The van der Waals surface area contributed by atoms with Crippen LogP contribution in [0, 0.1) is 6.92 Å². The summed E-state index contributed by atoms with van der Waals surface area (Å²) in [6.07, 6.45) is 1.33. The van der Waals surface area contributed by atoms with Gasteiger partial charge in [-0.25, -0.2) is 13.2 Å². The number of ether oxygens (including phenoxy) is 1. The van der Waals surface area contributed by atoms with Crippen LogP contribution in [0.2, 0.25) is 0 Å². The number of sulfone groups is 1. The fraction of sp³-hybridized carbons (Fsp3) is 0.632. The average Bonchev–Trinajstić information content (AvgIpc) is 3.01. The molecule has 8 heteroatoms. The van der Waals surface area contributed by atoms with Crippen molar-refractivity contribution in [3.63, 3.8) is 0 Å². The van der Waals surface area contributed by atoms with Crippen molar-refractivity contribution in [2.75, 3.05) is 56.2 Å². The van der Waals surface area contributed by atoms with Gasteiger partial charge in [-0.05, 0) is 31.9 Å². The second-order valence-corrected chi connectivity index (χ2v) is 9.58. The number of carbonyl (C=O) groups is 1. The van der Waals surface area contributed by atoms with E-state index in [1.807, 2.05) is 31.2 Å². The van der Waals surface area contributed by atoms with Crippen LogP contribution in [0.4, 0.5) is 10.5 Å². The number of carbonyl (C=O) groups excluding carboxylic acids is 1. The number of hydrogen-bond acceptors (Lipinski definition) is 5. The number of anilines is 1. The number of nitrogens with one attached hydrogen (secondary N) is 1. The van der Waals surface area contributed by atoms with Crippen LogP contribution < -0.4 is 5.32 Å². The Bertz CT molecular complexity index is 730. The van der Waals surface area contributed by atoms with E-state index < -0.39 is 9.84 Å². The van der Waals surface area contributed by atoms with E-state index in [9.17, 15) is 13.2 Å². The molecule has 7 nitrogen and oxygen atoms in total. The minimum Gasteiger partial charge on any atom is -0.379 e. The van der Waals surface area contributed by atoms with Crippen molar-refractivity contribution in [1.29, 1.82) is 0 Å². The average molecular weight is 396 g/mol. The molecule has 0 bridgehead atoms. The van der Waals surface area contributed by atoms with Crippen molar-refractivity contribution in [3.8, 4) is 0 Å². The maximum atomic E-state index is 12.9. The lowest BCUT2D eigenvalue weighted by molar-refractivity contribution is 0.0362. The molecule has 2 aliphatic rings. The van der Waals surface area contributed by atoms with Crippen LogP contribution in [-0.4, -0.2) is 81.2 Å². The van der Waals surface area contributed by atoms with Gasteiger partial charge in [0.25, 0.3) is 0 Å². The molecule has 0 radical (unpaired) electrons. The Balaban J connectivity index is 1.61. The Morgan fingerprint density at radius 3 is 2.59 bits per heavy atom. The van der Waals surface area contributed by atoms with Gasteiger partial charge in [0.05, 0.1) is 24.7 Å². The summed E-state index contributed by atoms with van der Waals surface area (Å²) >= 11 is 0. The fourth-order valence-corrected chi connectivity index (χ4v) is 5.32. The molecule has 0 aromatic heterocycles. The molecular weight excluding hydrogens is 366 g/mol. The molecule has 1 aromatic carbocycles. The van der Waals surface area contributed by atoms with Crippen LogP contribution in [0.3, 0.4) is 0 Å². The molecule has 0 spiro atoms.